The quantitative estimate of drug-likeness (QED) is 0.788. The monoisotopic (exact) mass is 217 g/mol. The SMILES string of the molecule is CCn1ccn(Cc2cccc(N)c2)c1=O. The Morgan fingerprint density at radius 3 is 2.62 bits per heavy atom. The summed E-state index contributed by atoms with van der Waals surface area (Å²) in [5.41, 5.74) is 7.47. The molecule has 0 bridgehead atoms. The summed E-state index contributed by atoms with van der Waals surface area (Å²) in [4.78, 5) is 11.8. The first-order chi connectivity index (χ1) is 7.70. The summed E-state index contributed by atoms with van der Waals surface area (Å²) in [7, 11) is 0. The van der Waals surface area contributed by atoms with E-state index in [9.17, 15) is 4.79 Å². The number of nitrogens with zero attached hydrogens (tertiary/aromatic N) is 2. The number of hydrogen-bond donors (Lipinski definition) is 1. The highest BCUT2D eigenvalue weighted by atomic mass is 16.1. The molecule has 0 atom stereocenters. The highest BCUT2D eigenvalue weighted by Gasteiger charge is 2.02. The van der Waals surface area contributed by atoms with E-state index in [0.717, 1.165) is 11.3 Å². The zero-order chi connectivity index (χ0) is 11.5. The van der Waals surface area contributed by atoms with Crippen molar-refractivity contribution in [2.75, 3.05) is 5.73 Å². The van der Waals surface area contributed by atoms with Crippen LogP contribution in [0.5, 0.6) is 0 Å². The first kappa shape index (κ1) is 10.5. The number of imidazole rings is 1. The number of aryl methyl sites for hydroxylation is 1. The molecule has 2 rings (SSSR count). The maximum Gasteiger partial charge on any atom is 0.328 e. The van der Waals surface area contributed by atoms with Crippen LogP contribution >= 0.6 is 0 Å². The van der Waals surface area contributed by atoms with E-state index in [-0.39, 0.29) is 5.69 Å². The molecule has 0 unspecified atom stereocenters. The Bertz CT molecular complexity index is 539. The summed E-state index contributed by atoms with van der Waals surface area (Å²) in [6.45, 7) is 3.21. The number of rotatable bonds is 3. The van der Waals surface area contributed by atoms with Crippen LogP contribution in [0, 0.1) is 0 Å². The predicted octanol–water partition coefficient (Wildman–Crippen LogP) is 1.30. The zero-order valence-electron chi connectivity index (χ0n) is 9.26. The van der Waals surface area contributed by atoms with E-state index in [1.54, 1.807) is 21.5 Å². The Hall–Kier alpha value is -1.97. The van der Waals surface area contributed by atoms with Gasteiger partial charge in [-0.2, -0.15) is 0 Å². The van der Waals surface area contributed by atoms with E-state index in [2.05, 4.69) is 0 Å². The number of benzene rings is 1. The molecule has 84 valence electrons. The molecular weight excluding hydrogens is 202 g/mol. The highest BCUT2D eigenvalue weighted by Crippen LogP contribution is 2.07. The molecule has 0 saturated heterocycles. The first-order valence-corrected chi connectivity index (χ1v) is 5.30. The molecule has 0 aliphatic heterocycles. The molecular formula is C12H15N3O. The number of nitrogens with two attached hydrogens (primary N) is 1. The van der Waals surface area contributed by atoms with Crippen molar-refractivity contribution in [1.82, 2.24) is 9.13 Å². The van der Waals surface area contributed by atoms with Gasteiger partial charge in [0.15, 0.2) is 0 Å². The van der Waals surface area contributed by atoms with Gasteiger partial charge in [-0.3, -0.25) is 9.13 Å². The third-order valence-corrected chi connectivity index (χ3v) is 2.56. The summed E-state index contributed by atoms with van der Waals surface area (Å²) in [6.07, 6.45) is 3.60. The van der Waals surface area contributed by atoms with E-state index in [1.165, 1.54) is 0 Å². The van der Waals surface area contributed by atoms with Crippen molar-refractivity contribution in [3.63, 3.8) is 0 Å². The topological polar surface area (TPSA) is 52.9 Å². The Morgan fingerprint density at radius 1 is 1.25 bits per heavy atom. The molecule has 0 aliphatic rings. The molecule has 0 aliphatic carbocycles. The van der Waals surface area contributed by atoms with E-state index in [0.29, 0.717) is 13.1 Å². The van der Waals surface area contributed by atoms with Crippen LogP contribution in [0.25, 0.3) is 0 Å². The van der Waals surface area contributed by atoms with Crippen molar-refractivity contribution >= 4 is 5.69 Å². The minimum Gasteiger partial charge on any atom is -0.399 e. The van der Waals surface area contributed by atoms with Gasteiger partial charge < -0.3 is 5.73 Å². The second kappa shape index (κ2) is 4.26. The summed E-state index contributed by atoms with van der Waals surface area (Å²) >= 11 is 0. The Morgan fingerprint density at radius 2 is 2.00 bits per heavy atom. The van der Waals surface area contributed by atoms with Gasteiger partial charge in [0.25, 0.3) is 0 Å². The van der Waals surface area contributed by atoms with Gasteiger partial charge in [-0.15, -0.1) is 0 Å². The average Bonchev–Trinajstić information content (AvgIpc) is 2.60. The zero-order valence-corrected chi connectivity index (χ0v) is 9.26. The lowest BCUT2D eigenvalue weighted by Crippen LogP contribution is -2.23. The van der Waals surface area contributed by atoms with Crippen LogP contribution in [-0.4, -0.2) is 9.13 Å². The van der Waals surface area contributed by atoms with E-state index < -0.39 is 0 Å². The van der Waals surface area contributed by atoms with Crippen molar-refractivity contribution < 1.29 is 0 Å². The van der Waals surface area contributed by atoms with Crippen LogP contribution in [-0.2, 0) is 13.1 Å². The number of aromatic nitrogens is 2. The van der Waals surface area contributed by atoms with Crippen molar-refractivity contribution in [3.05, 3.63) is 52.7 Å². The molecule has 1 aromatic heterocycles. The molecule has 0 spiro atoms. The molecule has 1 heterocycles. The van der Waals surface area contributed by atoms with Crippen LogP contribution in [0.2, 0.25) is 0 Å². The van der Waals surface area contributed by atoms with E-state index in [1.807, 2.05) is 31.2 Å². The Balaban J connectivity index is 2.27. The fourth-order valence-corrected chi connectivity index (χ4v) is 1.70. The Kier molecular flexibility index (Phi) is 2.81. The molecule has 0 amide bonds. The third-order valence-electron chi connectivity index (χ3n) is 2.56. The predicted molar refractivity (Wildman–Crippen MR) is 64.3 cm³/mol. The second-order valence-corrected chi connectivity index (χ2v) is 3.74. The minimum atomic E-state index is 0.0184. The Labute approximate surface area is 93.9 Å². The largest absolute Gasteiger partial charge is 0.399 e. The van der Waals surface area contributed by atoms with Crippen LogP contribution in [0.1, 0.15) is 12.5 Å². The third kappa shape index (κ3) is 2.00. The molecule has 2 N–H and O–H groups in total. The summed E-state index contributed by atoms with van der Waals surface area (Å²) < 4.78 is 3.35. The molecule has 1 aromatic carbocycles. The fraction of sp³-hybridized carbons (Fsp3) is 0.250. The lowest BCUT2D eigenvalue weighted by atomic mass is 10.2. The smallest absolute Gasteiger partial charge is 0.328 e. The highest BCUT2D eigenvalue weighted by molar-refractivity contribution is 5.40. The van der Waals surface area contributed by atoms with Crippen LogP contribution < -0.4 is 11.4 Å². The number of nitrogen functional groups attached to an aromatic ring is 1. The molecule has 4 heteroatoms. The van der Waals surface area contributed by atoms with E-state index >= 15 is 0 Å². The van der Waals surface area contributed by atoms with Gasteiger partial charge in [-0.25, -0.2) is 4.79 Å². The number of anilines is 1. The average molecular weight is 217 g/mol. The van der Waals surface area contributed by atoms with Gasteiger partial charge in [0.2, 0.25) is 0 Å². The van der Waals surface area contributed by atoms with Gasteiger partial charge in [-0.1, -0.05) is 12.1 Å². The maximum atomic E-state index is 11.8. The van der Waals surface area contributed by atoms with Crippen molar-refractivity contribution in [2.24, 2.45) is 0 Å². The normalized spacial score (nSPS) is 10.6. The standard InChI is InChI=1S/C12H15N3O/c1-2-14-6-7-15(12(14)16)9-10-4-3-5-11(13)8-10/h3-8H,2,9,13H2,1H3. The van der Waals surface area contributed by atoms with E-state index in [4.69, 9.17) is 5.73 Å². The van der Waals surface area contributed by atoms with Crippen molar-refractivity contribution in [1.29, 1.82) is 0 Å². The van der Waals surface area contributed by atoms with Gasteiger partial charge in [0.05, 0.1) is 6.54 Å². The fourth-order valence-electron chi connectivity index (χ4n) is 1.70. The molecule has 4 nitrogen and oxygen atoms in total. The number of hydrogen-bond acceptors (Lipinski definition) is 2. The maximum absolute atomic E-state index is 11.8. The lowest BCUT2D eigenvalue weighted by molar-refractivity contribution is 0.668. The van der Waals surface area contributed by atoms with Gasteiger partial charge in [0, 0.05) is 24.6 Å². The summed E-state index contributed by atoms with van der Waals surface area (Å²) in [5.74, 6) is 0. The molecule has 0 fully saturated rings. The summed E-state index contributed by atoms with van der Waals surface area (Å²) in [6, 6.07) is 7.58. The van der Waals surface area contributed by atoms with Crippen molar-refractivity contribution in [3.8, 4) is 0 Å². The van der Waals surface area contributed by atoms with Gasteiger partial charge in [0.1, 0.15) is 0 Å². The molecule has 2 aromatic rings. The van der Waals surface area contributed by atoms with Gasteiger partial charge in [-0.05, 0) is 24.6 Å². The first-order valence-electron chi connectivity index (χ1n) is 5.30. The van der Waals surface area contributed by atoms with Gasteiger partial charge >= 0.3 is 5.69 Å². The van der Waals surface area contributed by atoms with Crippen molar-refractivity contribution in [2.45, 2.75) is 20.0 Å². The molecule has 0 saturated carbocycles. The van der Waals surface area contributed by atoms with Crippen LogP contribution in [0.3, 0.4) is 0 Å². The molecule has 0 radical (unpaired) electrons. The minimum absolute atomic E-state index is 0.0184. The molecule has 16 heavy (non-hydrogen) atoms. The van der Waals surface area contributed by atoms with Crippen LogP contribution in [0.4, 0.5) is 5.69 Å². The second-order valence-electron chi connectivity index (χ2n) is 3.74. The van der Waals surface area contributed by atoms with Crippen LogP contribution in [0.15, 0.2) is 41.5 Å². The lowest BCUT2D eigenvalue weighted by Gasteiger charge is -2.02. The summed E-state index contributed by atoms with van der Waals surface area (Å²) in [5, 5.41) is 0.